The van der Waals surface area contributed by atoms with Crippen LogP contribution in [0.15, 0.2) is 85.1 Å². The highest BCUT2D eigenvalue weighted by Gasteiger charge is 2.27. The predicted molar refractivity (Wildman–Crippen MR) is 348 cm³/mol. The number of esters is 1. The Morgan fingerprint density at radius 2 is 0.790 bits per heavy atom. The molecule has 0 aliphatic carbocycles. The van der Waals surface area contributed by atoms with Crippen LogP contribution in [0.2, 0.25) is 0 Å². The second kappa shape index (κ2) is 60.3. The summed E-state index contributed by atoms with van der Waals surface area (Å²) in [6, 6.07) is -0.897. The lowest BCUT2D eigenvalue weighted by molar-refractivity contribution is -0.870. The zero-order valence-corrected chi connectivity index (χ0v) is 54.6. The summed E-state index contributed by atoms with van der Waals surface area (Å²) >= 11 is 0. The number of unbranched alkanes of at least 4 members (excludes halogenated alkanes) is 33. The molecule has 1 N–H and O–H groups in total. The van der Waals surface area contributed by atoms with Crippen LogP contribution in [0.4, 0.5) is 0 Å². The molecular weight excluding hydrogens is 1020 g/mol. The van der Waals surface area contributed by atoms with E-state index in [0.717, 1.165) is 116 Å². The van der Waals surface area contributed by atoms with E-state index in [2.05, 4.69) is 99.0 Å². The number of nitrogens with one attached hydrogen (secondary N) is 1. The number of carbonyl (C=O) groups is 2. The Balaban J connectivity index is 5.19. The molecule has 0 saturated carbocycles. The first kappa shape index (κ1) is 78.2. The molecule has 0 heterocycles. The van der Waals surface area contributed by atoms with Gasteiger partial charge in [-0.1, -0.05) is 292 Å². The van der Waals surface area contributed by atoms with Gasteiger partial charge in [0.1, 0.15) is 19.3 Å². The summed E-state index contributed by atoms with van der Waals surface area (Å²) in [6.07, 6.45) is 79.8. The zero-order chi connectivity index (χ0) is 59.3. The van der Waals surface area contributed by atoms with E-state index in [0.29, 0.717) is 23.9 Å². The molecule has 0 aromatic heterocycles. The Morgan fingerprint density at radius 1 is 0.444 bits per heavy atom. The highest BCUT2D eigenvalue weighted by molar-refractivity contribution is 7.45. The SMILES string of the molecule is CC/C=C\C/C=C\C/C=C\C/C=C\C/C=C\C/C=C\CCCCCCCCC(=O)OC(/C=C/CCCCCCCCCCCCC)C(COP(=O)([O-])OCC[N+](C)(C)C)NC(=O)CCCCCCCCCCCCCCCCCCC. The molecule has 0 aromatic rings. The van der Waals surface area contributed by atoms with E-state index in [9.17, 15) is 19.0 Å². The van der Waals surface area contributed by atoms with Crippen molar-refractivity contribution in [3.63, 3.8) is 0 Å². The number of nitrogens with zero attached hydrogens (tertiary/aromatic N) is 1. The van der Waals surface area contributed by atoms with Crippen molar-refractivity contribution in [2.45, 2.75) is 315 Å². The van der Waals surface area contributed by atoms with Gasteiger partial charge in [-0.25, -0.2) is 0 Å². The van der Waals surface area contributed by atoms with Crippen LogP contribution in [0.25, 0.3) is 0 Å². The molecule has 9 nitrogen and oxygen atoms in total. The van der Waals surface area contributed by atoms with Gasteiger partial charge in [0.15, 0.2) is 0 Å². The van der Waals surface area contributed by atoms with E-state index >= 15 is 0 Å². The summed E-state index contributed by atoms with van der Waals surface area (Å²) in [4.78, 5) is 40.1. The van der Waals surface area contributed by atoms with Gasteiger partial charge in [-0.2, -0.15) is 0 Å². The summed E-state index contributed by atoms with van der Waals surface area (Å²) < 4.78 is 30.4. The van der Waals surface area contributed by atoms with Gasteiger partial charge in [-0.05, 0) is 83.1 Å². The number of rotatable bonds is 61. The molecule has 81 heavy (non-hydrogen) atoms. The van der Waals surface area contributed by atoms with Crippen LogP contribution in [-0.2, 0) is 27.9 Å². The average molecular weight is 1150 g/mol. The molecule has 3 unspecified atom stereocenters. The van der Waals surface area contributed by atoms with E-state index in [1.54, 1.807) is 0 Å². The number of phosphoric acid groups is 1. The van der Waals surface area contributed by atoms with Crippen molar-refractivity contribution in [2.75, 3.05) is 40.9 Å². The Morgan fingerprint density at radius 3 is 1.19 bits per heavy atom. The van der Waals surface area contributed by atoms with Gasteiger partial charge in [0.2, 0.25) is 5.91 Å². The van der Waals surface area contributed by atoms with Crippen LogP contribution in [0, 0.1) is 0 Å². The number of allylic oxidation sites excluding steroid dienone is 13. The van der Waals surface area contributed by atoms with Crippen LogP contribution in [0.3, 0.4) is 0 Å². The first-order chi connectivity index (χ1) is 39.4. The van der Waals surface area contributed by atoms with Crippen LogP contribution in [-0.4, -0.2) is 69.4 Å². The third-order valence-electron chi connectivity index (χ3n) is 14.8. The Kier molecular flexibility index (Phi) is 58.2. The fourth-order valence-corrected chi connectivity index (χ4v) is 10.4. The van der Waals surface area contributed by atoms with Crippen molar-refractivity contribution in [3.8, 4) is 0 Å². The molecule has 0 radical (unpaired) electrons. The second-order valence-corrected chi connectivity index (χ2v) is 25.4. The Bertz CT molecular complexity index is 1660. The molecule has 0 aliphatic rings. The molecule has 3 atom stereocenters. The standard InChI is InChI=1S/C71H129N2O7P/c1-7-10-13-16-19-22-25-28-30-32-33-34-35-36-37-38-39-41-43-46-49-52-55-58-61-64-71(75)80-69(62-59-56-53-50-47-44-27-24-21-18-15-12-9-3)68(67-79-81(76,77)78-66-65-73(4,5)6)72-70(74)63-60-57-54-51-48-45-42-40-31-29-26-23-20-17-14-11-8-2/h10,13,19,22,28,30,33-34,36-37,39,41,59,62,68-69H,7-9,11-12,14-18,20-21,23-27,29,31-32,35,38,40,42-58,60-61,63-67H2,1-6H3,(H-,72,74,76,77)/b13-10-,22-19-,30-28-,34-33-,37-36-,41-39-,62-59+. The van der Waals surface area contributed by atoms with E-state index in [1.807, 2.05) is 33.3 Å². The molecule has 0 aromatic carbocycles. The summed E-state index contributed by atoms with van der Waals surface area (Å²) in [6.45, 7) is 6.75. The fourth-order valence-electron chi connectivity index (χ4n) is 9.64. The number of ether oxygens (including phenoxy) is 1. The van der Waals surface area contributed by atoms with Gasteiger partial charge in [0, 0.05) is 12.8 Å². The molecule has 0 rings (SSSR count). The van der Waals surface area contributed by atoms with E-state index in [-0.39, 0.29) is 24.9 Å². The van der Waals surface area contributed by atoms with Crippen LogP contribution < -0.4 is 10.2 Å². The number of phosphoric ester groups is 1. The maximum absolute atomic E-state index is 13.6. The van der Waals surface area contributed by atoms with Crippen LogP contribution >= 0.6 is 7.82 Å². The van der Waals surface area contributed by atoms with Crippen molar-refractivity contribution in [1.29, 1.82) is 0 Å². The summed E-state index contributed by atoms with van der Waals surface area (Å²) in [5, 5.41) is 3.04. The van der Waals surface area contributed by atoms with Crippen molar-refractivity contribution in [3.05, 3.63) is 85.1 Å². The number of hydrogen-bond acceptors (Lipinski definition) is 7. The smallest absolute Gasteiger partial charge is 0.306 e. The quantitative estimate of drug-likeness (QED) is 0.0212. The van der Waals surface area contributed by atoms with Gasteiger partial charge in [0.05, 0.1) is 33.8 Å². The minimum atomic E-state index is -4.71. The van der Waals surface area contributed by atoms with E-state index in [1.165, 1.54) is 148 Å². The molecule has 0 fully saturated rings. The van der Waals surface area contributed by atoms with E-state index < -0.39 is 26.6 Å². The number of carbonyl (C=O) groups excluding carboxylic acids is 2. The fraction of sp³-hybridized carbons (Fsp3) is 0.775. The van der Waals surface area contributed by atoms with Crippen LogP contribution in [0.1, 0.15) is 303 Å². The third kappa shape index (κ3) is 61.6. The number of amides is 1. The van der Waals surface area contributed by atoms with E-state index in [4.69, 9.17) is 13.8 Å². The van der Waals surface area contributed by atoms with Crippen molar-refractivity contribution in [2.24, 2.45) is 0 Å². The molecule has 0 spiro atoms. The van der Waals surface area contributed by atoms with Crippen LogP contribution in [0.5, 0.6) is 0 Å². The lowest BCUT2D eigenvalue weighted by atomic mass is 10.0. The van der Waals surface area contributed by atoms with Gasteiger partial charge in [-0.3, -0.25) is 14.2 Å². The number of likely N-dealkylation sites (N-methyl/N-ethyl adjacent to an activating group) is 1. The minimum Gasteiger partial charge on any atom is -0.756 e. The van der Waals surface area contributed by atoms with Gasteiger partial charge < -0.3 is 28.5 Å². The lowest BCUT2D eigenvalue weighted by Crippen LogP contribution is -2.47. The highest BCUT2D eigenvalue weighted by Crippen LogP contribution is 2.38. The third-order valence-corrected chi connectivity index (χ3v) is 15.8. The number of quaternary nitrogens is 1. The molecule has 1 amide bonds. The molecule has 0 aliphatic heterocycles. The van der Waals surface area contributed by atoms with Gasteiger partial charge in [-0.15, -0.1) is 0 Å². The van der Waals surface area contributed by atoms with Crippen molar-refractivity contribution >= 4 is 19.7 Å². The maximum Gasteiger partial charge on any atom is 0.306 e. The average Bonchev–Trinajstić information content (AvgIpc) is 3.44. The lowest BCUT2D eigenvalue weighted by Gasteiger charge is -2.30. The summed E-state index contributed by atoms with van der Waals surface area (Å²) in [5.74, 6) is -0.550. The first-order valence-corrected chi connectivity index (χ1v) is 35.4. The Hall–Kier alpha value is -2.81. The topological polar surface area (TPSA) is 114 Å². The summed E-state index contributed by atoms with van der Waals surface area (Å²) in [5.41, 5.74) is 0. The predicted octanol–water partition coefficient (Wildman–Crippen LogP) is 20.7. The summed E-state index contributed by atoms with van der Waals surface area (Å²) in [7, 11) is 1.18. The highest BCUT2D eigenvalue weighted by atomic mass is 31.2. The molecule has 0 saturated heterocycles. The second-order valence-electron chi connectivity index (χ2n) is 24.0. The monoisotopic (exact) mass is 1150 g/mol. The normalized spacial score (nSPS) is 14.1. The molecule has 10 heteroatoms. The number of hydrogen-bond donors (Lipinski definition) is 1. The first-order valence-electron chi connectivity index (χ1n) is 33.9. The van der Waals surface area contributed by atoms with Crippen molar-refractivity contribution in [1.82, 2.24) is 5.32 Å². The van der Waals surface area contributed by atoms with Gasteiger partial charge >= 0.3 is 5.97 Å². The van der Waals surface area contributed by atoms with Gasteiger partial charge in [0.25, 0.3) is 7.82 Å². The zero-order valence-electron chi connectivity index (χ0n) is 53.7. The molecule has 0 bridgehead atoms. The minimum absolute atomic E-state index is 0.0264. The Labute approximate surface area is 501 Å². The van der Waals surface area contributed by atoms with Crippen molar-refractivity contribution < 1.29 is 37.3 Å². The molecular formula is C71H129N2O7P. The molecule has 470 valence electrons. The largest absolute Gasteiger partial charge is 0.756 e. The maximum atomic E-state index is 13.6.